The lowest BCUT2D eigenvalue weighted by Crippen LogP contribution is -2.30. The van der Waals surface area contributed by atoms with Crippen LogP contribution in [0.15, 0.2) is 12.1 Å². The highest BCUT2D eigenvalue weighted by Crippen LogP contribution is 2.47. The molecule has 0 heterocycles. The summed E-state index contributed by atoms with van der Waals surface area (Å²) in [4.78, 5) is 22.0. The Balaban J connectivity index is 2.19. The lowest BCUT2D eigenvalue weighted by molar-refractivity contribution is -0.384. The van der Waals surface area contributed by atoms with Gasteiger partial charge in [-0.25, -0.2) is 4.39 Å². The molecule has 7 heteroatoms. The third kappa shape index (κ3) is 2.71. The predicted octanol–water partition coefficient (Wildman–Crippen LogP) is 2.24. The maximum atomic E-state index is 13.3. The van der Waals surface area contributed by atoms with E-state index in [1.165, 1.54) is 0 Å². The molecular formula is C13H16FN3O3. The number of nitrogens with two attached hydrogens (primary N) is 1. The number of rotatable bonds is 5. The first-order valence-corrected chi connectivity index (χ1v) is 6.40. The Bertz CT molecular complexity index is 570. The maximum Gasteiger partial charge on any atom is 0.295 e. The van der Waals surface area contributed by atoms with E-state index in [4.69, 9.17) is 5.73 Å². The Labute approximate surface area is 115 Å². The highest BCUT2D eigenvalue weighted by atomic mass is 19.1. The molecule has 1 aliphatic rings. The molecule has 0 aromatic heterocycles. The molecule has 0 aliphatic heterocycles. The summed E-state index contributed by atoms with van der Waals surface area (Å²) in [5, 5.41) is 13.4. The van der Waals surface area contributed by atoms with Gasteiger partial charge in [-0.2, -0.15) is 0 Å². The Hall–Kier alpha value is -2.18. The lowest BCUT2D eigenvalue weighted by atomic mass is 10.0. The van der Waals surface area contributed by atoms with E-state index < -0.39 is 22.3 Å². The van der Waals surface area contributed by atoms with Crippen LogP contribution in [0, 0.1) is 21.3 Å². The molecule has 0 spiro atoms. The van der Waals surface area contributed by atoms with E-state index >= 15 is 0 Å². The standard InChI is InChI=1S/C13H16FN3O3/c1-2-13(3-4-13)7-16-12(18)9-5-8(14)6-10(11(9)15)17(19)20/h5-6H,2-4,7,15H2,1H3,(H,16,18). The fourth-order valence-electron chi connectivity index (χ4n) is 2.14. The number of amides is 1. The molecule has 0 atom stereocenters. The summed E-state index contributed by atoms with van der Waals surface area (Å²) < 4.78 is 13.3. The summed E-state index contributed by atoms with van der Waals surface area (Å²) in [5.41, 5.74) is 4.61. The third-order valence-corrected chi connectivity index (χ3v) is 3.90. The van der Waals surface area contributed by atoms with Crippen molar-refractivity contribution < 1.29 is 14.1 Å². The summed E-state index contributed by atoms with van der Waals surface area (Å²) in [5.74, 6) is -1.43. The van der Waals surface area contributed by atoms with Crippen LogP contribution in [0.25, 0.3) is 0 Å². The first kappa shape index (κ1) is 14.2. The van der Waals surface area contributed by atoms with Crippen LogP contribution in [0.5, 0.6) is 0 Å². The molecule has 3 N–H and O–H groups in total. The molecule has 1 aromatic rings. The predicted molar refractivity (Wildman–Crippen MR) is 71.8 cm³/mol. The molecule has 1 saturated carbocycles. The van der Waals surface area contributed by atoms with Crippen LogP contribution in [0.4, 0.5) is 15.8 Å². The van der Waals surface area contributed by atoms with E-state index in [9.17, 15) is 19.3 Å². The molecule has 2 rings (SSSR count). The van der Waals surface area contributed by atoms with Crippen LogP contribution in [0.1, 0.15) is 36.5 Å². The van der Waals surface area contributed by atoms with Crippen molar-refractivity contribution in [3.8, 4) is 0 Å². The Morgan fingerprint density at radius 3 is 2.70 bits per heavy atom. The zero-order valence-electron chi connectivity index (χ0n) is 11.1. The minimum atomic E-state index is -0.854. The summed E-state index contributed by atoms with van der Waals surface area (Å²) in [6, 6.07) is 1.63. The molecule has 0 saturated heterocycles. The molecule has 1 amide bonds. The zero-order chi connectivity index (χ0) is 14.9. The first-order chi connectivity index (χ1) is 9.38. The lowest BCUT2D eigenvalue weighted by Gasteiger charge is -2.14. The number of nitro groups is 1. The molecule has 0 unspecified atom stereocenters. The number of carbonyl (C=O) groups is 1. The van der Waals surface area contributed by atoms with Gasteiger partial charge in [0.1, 0.15) is 11.5 Å². The average Bonchev–Trinajstić information content (AvgIpc) is 3.18. The second kappa shape index (κ2) is 5.07. The molecule has 0 bridgehead atoms. The van der Waals surface area contributed by atoms with Gasteiger partial charge in [-0.05, 0) is 30.7 Å². The van der Waals surface area contributed by atoms with E-state index in [-0.39, 0.29) is 16.7 Å². The van der Waals surface area contributed by atoms with Gasteiger partial charge < -0.3 is 11.1 Å². The molecule has 20 heavy (non-hydrogen) atoms. The maximum absolute atomic E-state index is 13.3. The topological polar surface area (TPSA) is 98.3 Å². The van der Waals surface area contributed by atoms with Crippen LogP contribution in [-0.4, -0.2) is 17.4 Å². The van der Waals surface area contributed by atoms with Crippen molar-refractivity contribution in [2.45, 2.75) is 26.2 Å². The van der Waals surface area contributed by atoms with E-state index in [0.29, 0.717) is 12.6 Å². The number of nitrogens with zero attached hydrogens (tertiary/aromatic N) is 1. The molecule has 1 fully saturated rings. The van der Waals surface area contributed by atoms with Crippen LogP contribution in [0.3, 0.4) is 0 Å². The quantitative estimate of drug-likeness (QED) is 0.491. The minimum Gasteiger partial charge on any atom is -0.393 e. The van der Waals surface area contributed by atoms with Crippen LogP contribution in [0.2, 0.25) is 0 Å². The number of benzene rings is 1. The summed E-state index contributed by atoms with van der Waals surface area (Å²) in [6.45, 7) is 2.52. The van der Waals surface area contributed by atoms with Crippen molar-refractivity contribution in [3.05, 3.63) is 33.6 Å². The summed E-state index contributed by atoms with van der Waals surface area (Å²) >= 11 is 0. The van der Waals surface area contributed by atoms with Crippen molar-refractivity contribution in [2.75, 3.05) is 12.3 Å². The number of hydrogen-bond acceptors (Lipinski definition) is 4. The molecular weight excluding hydrogens is 265 g/mol. The molecule has 1 aromatic carbocycles. The fraction of sp³-hybridized carbons (Fsp3) is 0.462. The monoisotopic (exact) mass is 281 g/mol. The Kier molecular flexibility index (Phi) is 3.61. The largest absolute Gasteiger partial charge is 0.393 e. The molecule has 0 radical (unpaired) electrons. The van der Waals surface area contributed by atoms with Gasteiger partial charge in [-0.3, -0.25) is 14.9 Å². The number of nitro benzene ring substituents is 1. The average molecular weight is 281 g/mol. The van der Waals surface area contributed by atoms with Gasteiger partial charge >= 0.3 is 0 Å². The second-order valence-corrected chi connectivity index (χ2v) is 5.18. The van der Waals surface area contributed by atoms with Gasteiger partial charge in [0.15, 0.2) is 0 Å². The van der Waals surface area contributed by atoms with Crippen molar-refractivity contribution >= 4 is 17.3 Å². The van der Waals surface area contributed by atoms with Gasteiger partial charge in [0, 0.05) is 6.54 Å². The third-order valence-electron chi connectivity index (χ3n) is 3.90. The van der Waals surface area contributed by atoms with Crippen molar-refractivity contribution in [1.82, 2.24) is 5.32 Å². The van der Waals surface area contributed by atoms with Gasteiger partial charge in [-0.15, -0.1) is 0 Å². The van der Waals surface area contributed by atoms with Crippen molar-refractivity contribution in [1.29, 1.82) is 0 Å². The molecule has 108 valence electrons. The van der Waals surface area contributed by atoms with Crippen molar-refractivity contribution in [3.63, 3.8) is 0 Å². The highest BCUT2D eigenvalue weighted by molar-refractivity contribution is 6.01. The fourth-order valence-corrected chi connectivity index (χ4v) is 2.14. The number of hydrogen-bond donors (Lipinski definition) is 2. The number of nitrogen functional groups attached to an aromatic ring is 1. The normalized spacial score (nSPS) is 15.7. The van der Waals surface area contributed by atoms with E-state index in [2.05, 4.69) is 5.32 Å². The van der Waals surface area contributed by atoms with Gasteiger partial charge in [0.05, 0.1) is 16.6 Å². The number of carbonyl (C=O) groups excluding carboxylic acids is 1. The number of nitrogens with one attached hydrogen (secondary N) is 1. The summed E-state index contributed by atoms with van der Waals surface area (Å²) in [7, 11) is 0. The first-order valence-electron chi connectivity index (χ1n) is 6.40. The van der Waals surface area contributed by atoms with E-state index in [0.717, 1.165) is 25.3 Å². The zero-order valence-corrected chi connectivity index (χ0v) is 11.1. The molecule has 1 aliphatic carbocycles. The van der Waals surface area contributed by atoms with Gasteiger partial charge in [0.25, 0.3) is 11.6 Å². The van der Waals surface area contributed by atoms with Crippen LogP contribution < -0.4 is 11.1 Å². The minimum absolute atomic E-state index is 0.129. The second-order valence-electron chi connectivity index (χ2n) is 5.18. The Morgan fingerprint density at radius 1 is 1.55 bits per heavy atom. The Morgan fingerprint density at radius 2 is 2.20 bits per heavy atom. The van der Waals surface area contributed by atoms with Crippen LogP contribution >= 0.6 is 0 Å². The van der Waals surface area contributed by atoms with Gasteiger partial charge in [0.2, 0.25) is 0 Å². The highest BCUT2D eigenvalue weighted by Gasteiger charge is 2.40. The number of anilines is 1. The number of halogens is 1. The summed E-state index contributed by atoms with van der Waals surface area (Å²) in [6.07, 6.45) is 3.04. The van der Waals surface area contributed by atoms with Crippen LogP contribution in [-0.2, 0) is 0 Å². The van der Waals surface area contributed by atoms with Gasteiger partial charge in [-0.1, -0.05) is 6.92 Å². The van der Waals surface area contributed by atoms with E-state index in [1.807, 2.05) is 6.92 Å². The SMILES string of the molecule is CCC1(CNC(=O)c2cc(F)cc([N+](=O)[O-])c2N)CC1. The smallest absolute Gasteiger partial charge is 0.295 e. The molecule has 6 nitrogen and oxygen atoms in total. The van der Waals surface area contributed by atoms with E-state index in [1.54, 1.807) is 0 Å². The van der Waals surface area contributed by atoms with Crippen molar-refractivity contribution in [2.24, 2.45) is 5.41 Å².